The van der Waals surface area contributed by atoms with Crippen LogP contribution in [0.2, 0.25) is 0 Å². The molecule has 116 valence electrons. The molecule has 2 rings (SSSR count). The maximum absolute atomic E-state index is 10.3. The van der Waals surface area contributed by atoms with Crippen LogP contribution in [0.4, 0.5) is 0 Å². The number of ether oxygens (including phenoxy) is 2. The third-order valence-corrected chi connectivity index (χ3v) is 4.09. The lowest BCUT2D eigenvalue weighted by Gasteiger charge is -2.36. The van der Waals surface area contributed by atoms with Crippen molar-refractivity contribution in [3.63, 3.8) is 0 Å². The summed E-state index contributed by atoms with van der Waals surface area (Å²) in [6, 6.07) is 5.86. The smallest absolute Gasteiger partial charge is 0.161 e. The van der Waals surface area contributed by atoms with Crippen LogP contribution in [0.15, 0.2) is 29.8 Å². The minimum absolute atomic E-state index is 0.389. The van der Waals surface area contributed by atoms with Crippen LogP contribution in [0.3, 0.4) is 0 Å². The Kier molecular flexibility index (Phi) is 4.04. The van der Waals surface area contributed by atoms with Gasteiger partial charge in [-0.3, -0.25) is 0 Å². The average molecular weight is 291 g/mol. The fourth-order valence-corrected chi connectivity index (χ4v) is 2.79. The fraction of sp³-hybridized carbons (Fsp3) is 0.529. The molecule has 0 aliphatic carbocycles. The Labute approximate surface area is 126 Å². The van der Waals surface area contributed by atoms with Crippen molar-refractivity contribution in [2.75, 3.05) is 13.7 Å². The molecule has 1 heterocycles. The van der Waals surface area contributed by atoms with Gasteiger partial charge in [-0.25, -0.2) is 0 Å². The van der Waals surface area contributed by atoms with E-state index in [1.807, 2.05) is 52.8 Å². The van der Waals surface area contributed by atoms with Crippen LogP contribution in [0, 0.1) is 6.92 Å². The molecule has 0 saturated heterocycles. The SMILES string of the molecule is COc1cc(C)ccc1OCC1=CC(C)(C)N(O)C1(C)C. The number of hydrogen-bond acceptors (Lipinski definition) is 4. The van der Waals surface area contributed by atoms with Crippen molar-refractivity contribution >= 4 is 0 Å². The van der Waals surface area contributed by atoms with Crippen molar-refractivity contribution in [1.29, 1.82) is 0 Å². The highest BCUT2D eigenvalue weighted by atomic mass is 16.5. The summed E-state index contributed by atoms with van der Waals surface area (Å²) >= 11 is 0. The molecule has 0 spiro atoms. The Morgan fingerprint density at radius 3 is 2.33 bits per heavy atom. The first-order valence-corrected chi connectivity index (χ1v) is 7.17. The highest BCUT2D eigenvalue weighted by molar-refractivity contribution is 5.43. The second-order valence-electron chi connectivity index (χ2n) is 6.64. The molecule has 0 radical (unpaired) electrons. The Morgan fingerprint density at radius 1 is 1.14 bits per heavy atom. The topological polar surface area (TPSA) is 41.9 Å². The van der Waals surface area contributed by atoms with Gasteiger partial charge < -0.3 is 14.7 Å². The second kappa shape index (κ2) is 5.35. The van der Waals surface area contributed by atoms with Gasteiger partial charge in [-0.1, -0.05) is 12.1 Å². The zero-order valence-corrected chi connectivity index (χ0v) is 13.7. The van der Waals surface area contributed by atoms with Gasteiger partial charge >= 0.3 is 0 Å². The van der Waals surface area contributed by atoms with Gasteiger partial charge in [0.2, 0.25) is 0 Å². The van der Waals surface area contributed by atoms with E-state index >= 15 is 0 Å². The summed E-state index contributed by atoms with van der Waals surface area (Å²) in [5.74, 6) is 1.44. The molecular formula is C17H25NO3. The lowest BCUT2D eigenvalue weighted by Crippen LogP contribution is -2.48. The Balaban J connectivity index is 2.17. The molecule has 0 aromatic heterocycles. The minimum Gasteiger partial charge on any atom is -0.493 e. The van der Waals surface area contributed by atoms with Crippen molar-refractivity contribution in [1.82, 2.24) is 5.06 Å². The average Bonchev–Trinajstić information content (AvgIpc) is 2.57. The van der Waals surface area contributed by atoms with Crippen LogP contribution in [0.25, 0.3) is 0 Å². The van der Waals surface area contributed by atoms with E-state index in [1.165, 1.54) is 5.06 Å². The zero-order valence-electron chi connectivity index (χ0n) is 13.7. The highest BCUT2D eigenvalue weighted by Crippen LogP contribution is 2.39. The molecule has 0 amide bonds. The van der Waals surface area contributed by atoms with Gasteiger partial charge in [0.05, 0.1) is 18.2 Å². The monoisotopic (exact) mass is 291 g/mol. The zero-order chi connectivity index (χ0) is 15.8. The van der Waals surface area contributed by atoms with Crippen LogP contribution < -0.4 is 9.47 Å². The van der Waals surface area contributed by atoms with Crippen molar-refractivity contribution in [2.45, 2.75) is 45.7 Å². The van der Waals surface area contributed by atoms with E-state index in [4.69, 9.17) is 9.47 Å². The van der Waals surface area contributed by atoms with Crippen molar-refractivity contribution in [2.24, 2.45) is 0 Å². The second-order valence-corrected chi connectivity index (χ2v) is 6.64. The van der Waals surface area contributed by atoms with Crippen LogP contribution in [-0.2, 0) is 0 Å². The summed E-state index contributed by atoms with van der Waals surface area (Å²) < 4.78 is 11.3. The van der Waals surface area contributed by atoms with E-state index in [9.17, 15) is 5.21 Å². The fourth-order valence-electron chi connectivity index (χ4n) is 2.79. The molecule has 1 aliphatic heterocycles. The number of nitrogens with zero attached hydrogens (tertiary/aromatic N) is 1. The van der Waals surface area contributed by atoms with Gasteiger partial charge in [0.25, 0.3) is 0 Å². The quantitative estimate of drug-likeness (QED) is 0.861. The minimum atomic E-state index is -0.443. The van der Waals surface area contributed by atoms with Gasteiger partial charge in [-0.2, -0.15) is 5.06 Å². The molecule has 1 N–H and O–H groups in total. The largest absolute Gasteiger partial charge is 0.493 e. The number of rotatable bonds is 4. The molecule has 1 aromatic carbocycles. The van der Waals surface area contributed by atoms with Gasteiger partial charge in [-0.05, 0) is 57.9 Å². The maximum atomic E-state index is 10.3. The summed E-state index contributed by atoms with van der Waals surface area (Å²) in [5.41, 5.74) is 1.35. The first-order chi connectivity index (χ1) is 9.68. The standard InChI is InChI=1S/C17H25NO3/c1-12-7-8-14(15(9-12)20-6)21-11-13-10-16(2,3)18(19)17(13,4)5/h7-10,19H,11H2,1-6H3. The van der Waals surface area contributed by atoms with E-state index in [1.54, 1.807) is 7.11 Å². The summed E-state index contributed by atoms with van der Waals surface area (Å²) in [7, 11) is 1.64. The van der Waals surface area contributed by atoms with E-state index < -0.39 is 5.54 Å². The predicted molar refractivity (Wildman–Crippen MR) is 83.1 cm³/mol. The van der Waals surface area contributed by atoms with E-state index in [0.717, 1.165) is 16.9 Å². The Morgan fingerprint density at radius 2 is 1.81 bits per heavy atom. The summed E-state index contributed by atoms with van der Waals surface area (Å²) in [4.78, 5) is 0. The van der Waals surface area contributed by atoms with Gasteiger partial charge in [0.1, 0.15) is 6.61 Å². The van der Waals surface area contributed by atoms with Gasteiger partial charge in [0.15, 0.2) is 11.5 Å². The molecule has 4 heteroatoms. The van der Waals surface area contributed by atoms with Crippen molar-refractivity contribution in [3.05, 3.63) is 35.4 Å². The van der Waals surface area contributed by atoms with Crippen LogP contribution in [0.1, 0.15) is 33.3 Å². The summed E-state index contributed by atoms with van der Waals surface area (Å²) in [6.07, 6.45) is 2.06. The summed E-state index contributed by atoms with van der Waals surface area (Å²) in [6.45, 7) is 10.4. The Bertz CT molecular complexity index is 561. The third-order valence-electron chi connectivity index (χ3n) is 4.09. The first-order valence-electron chi connectivity index (χ1n) is 7.17. The number of hydroxylamine groups is 2. The predicted octanol–water partition coefficient (Wildman–Crippen LogP) is 3.57. The molecule has 0 saturated carbocycles. The third kappa shape index (κ3) is 2.92. The van der Waals surface area contributed by atoms with E-state index in [0.29, 0.717) is 12.4 Å². The first kappa shape index (κ1) is 15.9. The van der Waals surface area contributed by atoms with E-state index in [2.05, 4.69) is 6.08 Å². The normalized spacial score (nSPS) is 20.2. The molecule has 0 atom stereocenters. The number of aryl methyl sites for hydroxylation is 1. The number of hydrogen-bond donors (Lipinski definition) is 1. The van der Waals surface area contributed by atoms with Crippen molar-refractivity contribution < 1.29 is 14.7 Å². The maximum Gasteiger partial charge on any atom is 0.161 e. The van der Waals surface area contributed by atoms with Crippen LogP contribution in [-0.4, -0.2) is 35.1 Å². The van der Waals surface area contributed by atoms with Crippen molar-refractivity contribution in [3.8, 4) is 11.5 Å². The molecule has 0 fully saturated rings. The molecule has 4 nitrogen and oxygen atoms in total. The molecule has 0 unspecified atom stereocenters. The highest BCUT2D eigenvalue weighted by Gasteiger charge is 2.45. The lowest BCUT2D eigenvalue weighted by molar-refractivity contribution is -0.185. The van der Waals surface area contributed by atoms with Crippen LogP contribution >= 0.6 is 0 Å². The molecular weight excluding hydrogens is 266 g/mol. The lowest BCUT2D eigenvalue weighted by atomic mass is 9.97. The molecule has 1 aromatic rings. The Hall–Kier alpha value is -1.52. The van der Waals surface area contributed by atoms with Gasteiger partial charge in [0, 0.05) is 0 Å². The molecule has 0 bridgehead atoms. The number of methoxy groups -OCH3 is 1. The molecule has 21 heavy (non-hydrogen) atoms. The summed E-state index contributed by atoms with van der Waals surface area (Å²) in [5, 5.41) is 11.7. The molecule has 1 aliphatic rings. The van der Waals surface area contributed by atoms with E-state index in [-0.39, 0.29) is 5.54 Å². The number of benzene rings is 1. The van der Waals surface area contributed by atoms with Gasteiger partial charge in [-0.15, -0.1) is 0 Å². The van der Waals surface area contributed by atoms with Crippen LogP contribution in [0.5, 0.6) is 11.5 Å².